The van der Waals surface area contributed by atoms with Crippen molar-refractivity contribution >= 4 is 11.7 Å². The molecule has 7 heteroatoms. The number of carbonyl (C=O) groups is 1. The van der Waals surface area contributed by atoms with Gasteiger partial charge in [0, 0.05) is 17.8 Å². The Morgan fingerprint density at radius 2 is 1.62 bits per heavy atom. The van der Waals surface area contributed by atoms with E-state index >= 15 is 0 Å². The smallest absolute Gasteiger partial charge is 0.405 e. The van der Waals surface area contributed by atoms with Crippen LogP contribution in [0.4, 0.5) is 23.7 Å². The van der Waals surface area contributed by atoms with Gasteiger partial charge in [-0.3, -0.25) is 0 Å². The Balaban J connectivity index is 2.05. The third-order valence-corrected chi connectivity index (χ3v) is 3.62. The molecule has 0 atom stereocenters. The number of ether oxygens (including phenoxy) is 1. The van der Waals surface area contributed by atoms with Crippen molar-refractivity contribution in [2.24, 2.45) is 0 Å². The van der Waals surface area contributed by atoms with E-state index in [2.05, 4.69) is 15.4 Å². The van der Waals surface area contributed by atoms with Gasteiger partial charge in [-0.15, -0.1) is 13.2 Å². The largest absolute Gasteiger partial charge is 0.573 e. The summed E-state index contributed by atoms with van der Waals surface area (Å²) in [5.74, 6) is -0.338. The van der Waals surface area contributed by atoms with Crippen LogP contribution in [0, 0.1) is 0 Å². The number of amides is 2. The molecule has 0 heterocycles. The highest BCUT2D eigenvalue weighted by atomic mass is 19.4. The van der Waals surface area contributed by atoms with Gasteiger partial charge in [-0.05, 0) is 23.1 Å². The molecule has 0 saturated carbocycles. The fourth-order valence-corrected chi connectivity index (χ4v) is 2.46. The third-order valence-electron chi connectivity index (χ3n) is 3.62. The summed E-state index contributed by atoms with van der Waals surface area (Å²) in [4.78, 5) is 12.2. The zero-order valence-corrected chi connectivity index (χ0v) is 14.8. The molecule has 0 saturated heterocycles. The maximum Gasteiger partial charge on any atom is 0.573 e. The zero-order chi connectivity index (χ0) is 19.4. The quantitative estimate of drug-likeness (QED) is 0.781. The van der Waals surface area contributed by atoms with Crippen LogP contribution >= 0.6 is 0 Å². The molecule has 0 radical (unpaired) electrons. The van der Waals surface area contributed by atoms with E-state index in [0.29, 0.717) is 5.69 Å². The van der Waals surface area contributed by atoms with Gasteiger partial charge in [0.15, 0.2) is 0 Å². The number of halogens is 3. The summed E-state index contributed by atoms with van der Waals surface area (Å²) in [5, 5.41) is 5.30. The molecule has 26 heavy (non-hydrogen) atoms. The molecule has 0 spiro atoms. The lowest BCUT2D eigenvalue weighted by molar-refractivity contribution is -0.274. The fourth-order valence-electron chi connectivity index (χ4n) is 2.46. The molecule has 0 aliphatic heterocycles. The van der Waals surface area contributed by atoms with Gasteiger partial charge < -0.3 is 15.4 Å². The van der Waals surface area contributed by atoms with Crippen molar-refractivity contribution in [3.63, 3.8) is 0 Å². The van der Waals surface area contributed by atoms with Gasteiger partial charge in [0.1, 0.15) is 5.75 Å². The summed E-state index contributed by atoms with van der Waals surface area (Å²) >= 11 is 0. The van der Waals surface area contributed by atoms with Crippen LogP contribution in [-0.2, 0) is 12.0 Å². The van der Waals surface area contributed by atoms with Gasteiger partial charge in [0.05, 0.1) is 0 Å². The van der Waals surface area contributed by atoms with Crippen molar-refractivity contribution in [3.05, 3.63) is 59.7 Å². The molecule has 4 nitrogen and oxygen atoms in total. The van der Waals surface area contributed by atoms with E-state index < -0.39 is 12.4 Å². The zero-order valence-electron chi connectivity index (χ0n) is 14.8. The average molecular weight is 366 g/mol. The van der Waals surface area contributed by atoms with Crippen LogP contribution in [0.25, 0.3) is 0 Å². The lowest BCUT2D eigenvalue weighted by Gasteiger charge is -2.23. The van der Waals surface area contributed by atoms with E-state index in [9.17, 15) is 18.0 Å². The Hall–Kier alpha value is -2.70. The van der Waals surface area contributed by atoms with Crippen molar-refractivity contribution < 1.29 is 22.7 Å². The molecule has 2 rings (SSSR count). The lowest BCUT2D eigenvalue weighted by Crippen LogP contribution is -2.30. The second-order valence-corrected chi connectivity index (χ2v) is 6.76. The monoisotopic (exact) mass is 366 g/mol. The molecule has 0 fully saturated rings. The first-order chi connectivity index (χ1) is 12.1. The van der Waals surface area contributed by atoms with E-state index in [4.69, 9.17) is 0 Å². The first-order valence-corrected chi connectivity index (χ1v) is 8.04. The highest BCUT2D eigenvalue weighted by Gasteiger charge is 2.32. The van der Waals surface area contributed by atoms with Crippen LogP contribution in [-0.4, -0.2) is 12.4 Å². The van der Waals surface area contributed by atoms with Crippen LogP contribution in [0.5, 0.6) is 5.75 Å². The number of carbonyl (C=O) groups excluding carboxylic acids is 1. The van der Waals surface area contributed by atoms with Gasteiger partial charge in [-0.25, -0.2) is 4.79 Å². The summed E-state index contributed by atoms with van der Waals surface area (Å²) in [6, 6.07) is 12.6. The number of urea groups is 1. The van der Waals surface area contributed by atoms with Crippen LogP contribution in [0.2, 0.25) is 0 Å². The second kappa shape index (κ2) is 7.68. The molecule has 2 aromatic rings. The van der Waals surface area contributed by atoms with Gasteiger partial charge in [-0.1, -0.05) is 57.2 Å². The molecule has 2 N–H and O–H groups in total. The van der Waals surface area contributed by atoms with Gasteiger partial charge in [0.25, 0.3) is 0 Å². The molecule has 0 aromatic heterocycles. The molecule has 0 aliphatic rings. The second-order valence-electron chi connectivity index (χ2n) is 6.76. The summed E-state index contributed by atoms with van der Waals surface area (Å²) in [7, 11) is 0. The minimum absolute atomic E-state index is 0.101. The van der Waals surface area contributed by atoms with E-state index in [1.54, 1.807) is 18.2 Å². The number of alkyl halides is 3. The van der Waals surface area contributed by atoms with E-state index in [0.717, 1.165) is 5.56 Å². The Morgan fingerprint density at radius 3 is 2.27 bits per heavy atom. The van der Waals surface area contributed by atoms with E-state index in [1.807, 2.05) is 32.9 Å². The summed E-state index contributed by atoms with van der Waals surface area (Å²) in [6.07, 6.45) is -4.79. The lowest BCUT2D eigenvalue weighted by atomic mass is 9.86. The van der Waals surface area contributed by atoms with Crippen molar-refractivity contribution in [3.8, 4) is 5.75 Å². The van der Waals surface area contributed by atoms with Crippen LogP contribution < -0.4 is 15.4 Å². The number of benzene rings is 2. The predicted octanol–water partition coefficient (Wildman–Crippen LogP) is 5.20. The molecular weight excluding hydrogens is 345 g/mol. The number of hydrogen-bond acceptors (Lipinski definition) is 2. The van der Waals surface area contributed by atoms with Crippen LogP contribution in [0.1, 0.15) is 31.9 Å². The number of hydrogen-bond donors (Lipinski definition) is 2. The van der Waals surface area contributed by atoms with Crippen molar-refractivity contribution in [1.29, 1.82) is 0 Å². The van der Waals surface area contributed by atoms with E-state index in [-0.39, 0.29) is 23.3 Å². The van der Waals surface area contributed by atoms with E-state index in [1.165, 1.54) is 18.2 Å². The minimum atomic E-state index is -4.79. The number of rotatable bonds is 4. The Bertz CT molecular complexity index is 768. The highest BCUT2D eigenvalue weighted by Crippen LogP contribution is 2.29. The van der Waals surface area contributed by atoms with Crippen LogP contribution in [0.3, 0.4) is 0 Å². The molecule has 140 valence electrons. The molecular formula is C19H21F3N2O2. The summed E-state index contributed by atoms with van der Waals surface area (Å²) < 4.78 is 41.3. The van der Waals surface area contributed by atoms with Gasteiger partial charge >= 0.3 is 12.4 Å². The summed E-state index contributed by atoms with van der Waals surface area (Å²) in [6.45, 7) is 5.97. The molecule has 0 aliphatic carbocycles. The normalized spacial score (nSPS) is 11.8. The highest BCUT2D eigenvalue weighted by molar-refractivity contribution is 5.90. The standard InChI is InChI=1S/C19H21F3N2O2/c1-18(2,3)14-9-5-6-10-15(14)24-17(25)23-12-13-8-4-7-11-16(13)26-19(20,21)22/h4-11H,12H2,1-3H3,(H2,23,24,25). The Morgan fingerprint density at radius 1 is 1.00 bits per heavy atom. The maximum atomic E-state index is 12.4. The van der Waals surface area contributed by atoms with Gasteiger partial charge in [0.2, 0.25) is 0 Å². The number of nitrogens with one attached hydrogen (secondary N) is 2. The van der Waals surface area contributed by atoms with Crippen LogP contribution in [0.15, 0.2) is 48.5 Å². The van der Waals surface area contributed by atoms with Crippen molar-refractivity contribution in [2.75, 3.05) is 5.32 Å². The molecule has 2 aromatic carbocycles. The molecule has 0 unspecified atom stereocenters. The first kappa shape index (κ1) is 19.6. The maximum absolute atomic E-state index is 12.4. The summed E-state index contributed by atoms with van der Waals surface area (Å²) in [5.41, 5.74) is 1.66. The Kier molecular flexibility index (Phi) is 5.79. The van der Waals surface area contributed by atoms with Gasteiger partial charge in [-0.2, -0.15) is 0 Å². The SMILES string of the molecule is CC(C)(C)c1ccccc1NC(=O)NCc1ccccc1OC(F)(F)F. The average Bonchev–Trinajstić information content (AvgIpc) is 2.52. The Labute approximate surface area is 150 Å². The fraction of sp³-hybridized carbons (Fsp3) is 0.316. The predicted molar refractivity (Wildman–Crippen MR) is 94.1 cm³/mol. The topological polar surface area (TPSA) is 50.4 Å². The third kappa shape index (κ3) is 5.68. The molecule has 2 amide bonds. The molecule has 0 bridgehead atoms. The number of para-hydroxylation sites is 2. The van der Waals surface area contributed by atoms with Crippen molar-refractivity contribution in [2.45, 2.75) is 39.1 Å². The first-order valence-electron chi connectivity index (χ1n) is 8.04. The minimum Gasteiger partial charge on any atom is -0.405 e. The number of anilines is 1. The van der Waals surface area contributed by atoms with Crippen molar-refractivity contribution in [1.82, 2.24) is 5.32 Å².